The SMILES string of the molecule is Cc1nc(N[C@H](C)c2cccc(C(F)F)c2F)c2cc(N3CC4CCOC4C3)ncc2n1. The molecule has 0 spiro atoms. The highest BCUT2D eigenvalue weighted by molar-refractivity contribution is 5.90. The Morgan fingerprint density at radius 1 is 1.19 bits per heavy atom. The summed E-state index contributed by atoms with van der Waals surface area (Å²) >= 11 is 0. The van der Waals surface area contributed by atoms with E-state index < -0.39 is 23.8 Å². The van der Waals surface area contributed by atoms with Gasteiger partial charge in [-0.2, -0.15) is 0 Å². The number of anilines is 2. The largest absolute Gasteiger partial charge is 0.376 e. The minimum Gasteiger partial charge on any atom is -0.376 e. The fourth-order valence-electron chi connectivity index (χ4n) is 4.64. The average molecular weight is 443 g/mol. The maximum absolute atomic E-state index is 14.7. The van der Waals surface area contributed by atoms with Gasteiger partial charge in [-0.25, -0.2) is 28.1 Å². The van der Waals surface area contributed by atoms with Gasteiger partial charge in [-0.1, -0.05) is 18.2 Å². The third-order valence-electron chi connectivity index (χ3n) is 6.32. The smallest absolute Gasteiger partial charge is 0.266 e. The molecule has 0 amide bonds. The second-order valence-corrected chi connectivity index (χ2v) is 8.46. The first-order chi connectivity index (χ1) is 15.4. The van der Waals surface area contributed by atoms with Crippen LogP contribution in [0.4, 0.5) is 24.8 Å². The molecule has 0 radical (unpaired) electrons. The molecule has 2 unspecified atom stereocenters. The molecule has 2 aromatic heterocycles. The van der Waals surface area contributed by atoms with Crippen molar-refractivity contribution in [1.82, 2.24) is 15.0 Å². The molecule has 0 bridgehead atoms. The van der Waals surface area contributed by atoms with Crippen molar-refractivity contribution in [3.8, 4) is 0 Å². The number of hydrogen-bond donors (Lipinski definition) is 1. The van der Waals surface area contributed by atoms with Gasteiger partial charge in [0.25, 0.3) is 6.43 Å². The van der Waals surface area contributed by atoms with Crippen molar-refractivity contribution in [1.29, 1.82) is 0 Å². The summed E-state index contributed by atoms with van der Waals surface area (Å²) in [5.41, 5.74) is 0.215. The molecule has 2 fully saturated rings. The van der Waals surface area contributed by atoms with Crippen LogP contribution in [0.25, 0.3) is 10.9 Å². The summed E-state index contributed by atoms with van der Waals surface area (Å²) in [6, 6.07) is 5.40. The molecule has 2 aliphatic heterocycles. The van der Waals surface area contributed by atoms with Crippen molar-refractivity contribution in [2.75, 3.05) is 29.9 Å². The van der Waals surface area contributed by atoms with E-state index in [4.69, 9.17) is 4.74 Å². The molecule has 2 saturated heterocycles. The van der Waals surface area contributed by atoms with Crippen LogP contribution < -0.4 is 10.2 Å². The zero-order valence-electron chi connectivity index (χ0n) is 17.9. The predicted octanol–water partition coefficient (Wildman–Crippen LogP) is 4.81. The summed E-state index contributed by atoms with van der Waals surface area (Å²) in [6.07, 6.45) is 0.138. The van der Waals surface area contributed by atoms with Crippen LogP contribution in [-0.4, -0.2) is 40.8 Å². The highest BCUT2D eigenvalue weighted by Gasteiger charge is 2.37. The first-order valence-electron chi connectivity index (χ1n) is 10.7. The van der Waals surface area contributed by atoms with Crippen LogP contribution >= 0.6 is 0 Å². The Balaban J connectivity index is 1.47. The van der Waals surface area contributed by atoms with Gasteiger partial charge in [-0.3, -0.25) is 0 Å². The van der Waals surface area contributed by atoms with Crippen LogP contribution in [0.3, 0.4) is 0 Å². The summed E-state index contributed by atoms with van der Waals surface area (Å²) in [6.45, 7) is 5.98. The first-order valence-corrected chi connectivity index (χ1v) is 10.7. The van der Waals surface area contributed by atoms with Crippen molar-refractivity contribution in [2.45, 2.75) is 38.8 Å². The van der Waals surface area contributed by atoms with Gasteiger partial charge in [0.05, 0.1) is 29.4 Å². The molecule has 0 saturated carbocycles. The monoisotopic (exact) mass is 443 g/mol. The molecule has 4 heterocycles. The second-order valence-electron chi connectivity index (χ2n) is 8.46. The second kappa shape index (κ2) is 8.20. The highest BCUT2D eigenvalue weighted by atomic mass is 19.3. The first kappa shape index (κ1) is 20.9. The van der Waals surface area contributed by atoms with E-state index in [1.54, 1.807) is 20.0 Å². The average Bonchev–Trinajstić information content (AvgIpc) is 3.35. The van der Waals surface area contributed by atoms with E-state index in [0.717, 1.165) is 43.4 Å². The summed E-state index contributed by atoms with van der Waals surface area (Å²) in [4.78, 5) is 15.8. The number of aryl methyl sites for hydroxylation is 1. The fraction of sp³-hybridized carbons (Fsp3) is 0.435. The van der Waals surface area contributed by atoms with Crippen molar-refractivity contribution in [3.63, 3.8) is 0 Å². The van der Waals surface area contributed by atoms with E-state index in [-0.39, 0.29) is 11.7 Å². The number of benzene rings is 1. The third kappa shape index (κ3) is 3.74. The Bertz CT molecular complexity index is 1150. The van der Waals surface area contributed by atoms with Crippen molar-refractivity contribution < 1.29 is 17.9 Å². The number of halogens is 3. The quantitative estimate of drug-likeness (QED) is 0.611. The van der Waals surface area contributed by atoms with Crippen LogP contribution in [0.1, 0.15) is 42.8 Å². The minimum atomic E-state index is -2.87. The number of nitrogens with one attached hydrogen (secondary N) is 1. The fourth-order valence-corrected chi connectivity index (χ4v) is 4.64. The maximum atomic E-state index is 14.7. The highest BCUT2D eigenvalue weighted by Crippen LogP contribution is 2.34. The molecule has 32 heavy (non-hydrogen) atoms. The van der Waals surface area contributed by atoms with Crippen LogP contribution in [-0.2, 0) is 4.74 Å². The molecular formula is C23H24F3N5O. The van der Waals surface area contributed by atoms with E-state index in [1.165, 1.54) is 12.1 Å². The van der Waals surface area contributed by atoms with Gasteiger partial charge < -0.3 is 15.0 Å². The normalized spacial score (nSPS) is 21.4. The standard InChI is InChI=1S/C23H24F3N5O/c1-12(15-4-3-5-16(21(15)24)22(25)26)28-23-17-8-20(27-9-18(17)29-13(2)30-23)31-10-14-6-7-32-19(14)11-31/h3-5,8-9,12,14,19,22H,6-7,10-11H2,1-2H3,(H,28,29,30)/t12-,14?,19?/m1/s1. The lowest BCUT2D eigenvalue weighted by Crippen LogP contribution is -2.23. The van der Waals surface area contributed by atoms with Crippen LogP contribution in [0.5, 0.6) is 0 Å². The summed E-state index contributed by atoms with van der Waals surface area (Å²) < 4.78 is 46.7. The molecule has 5 rings (SSSR count). The zero-order valence-corrected chi connectivity index (χ0v) is 17.9. The maximum Gasteiger partial charge on any atom is 0.266 e. The number of hydrogen-bond acceptors (Lipinski definition) is 6. The van der Waals surface area contributed by atoms with Gasteiger partial charge >= 0.3 is 0 Å². The zero-order chi connectivity index (χ0) is 22.4. The molecule has 1 aromatic carbocycles. The molecule has 6 nitrogen and oxygen atoms in total. The lowest BCUT2D eigenvalue weighted by molar-refractivity contribution is 0.114. The summed E-state index contributed by atoms with van der Waals surface area (Å²) in [5, 5.41) is 3.95. The number of ether oxygens (including phenoxy) is 1. The number of fused-ring (bicyclic) bond motifs is 2. The third-order valence-corrected chi connectivity index (χ3v) is 6.32. The lowest BCUT2D eigenvalue weighted by atomic mass is 10.0. The van der Waals surface area contributed by atoms with Crippen LogP contribution in [0.15, 0.2) is 30.5 Å². The van der Waals surface area contributed by atoms with Gasteiger partial charge in [0.15, 0.2) is 0 Å². The summed E-state index contributed by atoms with van der Waals surface area (Å²) in [7, 11) is 0. The molecule has 1 N–H and O–H groups in total. The van der Waals surface area contributed by atoms with E-state index >= 15 is 0 Å². The van der Waals surface area contributed by atoms with Crippen molar-refractivity contribution in [2.24, 2.45) is 5.92 Å². The Morgan fingerprint density at radius 2 is 2.00 bits per heavy atom. The van der Waals surface area contributed by atoms with Crippen molar-refractivity contribution in [3.05, 3.63) is 53.2 Å². The van der Waals surface area contributed by atoms with E-state index in [0.29, 0.717) is 23.1 Å². The molecule has 0 aliphatic carbocycles. The lowest BCUT2D eigenvalue weighted by Gasteiger charge is -2.21. The Labute approximate surface area is 183 Å². The van der Waals surface area contributed by atoms with Gasteiger partial charge in [-0.05, 0) is 26.3 Å². The number of aromatic nitrogens is 3. The molecule has 3 aromatic rings. The van der Waals surface area contributed by atoms with Gasteiger partial charge in [-0.15, -0.1) is 0 Å². The molecule has 9 heteroatoms. The van der Waals surface area contributed by atoms with Crippen LogP contribution in [0, 0.1) is 18.7 Å². The van der Waals surface area contributed by atoms with Crippen LogP contribution in [0.2, 0.25) is 0 Å². The number of rotatable bonds is 5. The summed E-state index contributed by atoms with van der Waals surface area (Å²) in [5.74, 6) is 1.48. The minimum absolute atomic E-state index is 0.158. The molecular weight excluding hydrogens is 419 g/mol. The van der Waals surface area contributed by atoms with Gasteiger partial charge in [0.2, 0.25) is 0 Å². The Morgan fingerprint density at radius 3 is 2.78 bits per heavy atom. The van der Waals surface area contributed by atoms with E-state index in [9.17, 15) is 13.2 Å². The van der Waals surface area contributed by atoms with Crippen molar-refractivity contribution >= 4 is 22.5 Å². The Kier molecular flexibility index (Phi) is 5.36. The Hall–Kier alpha value is -2.94. The van der Waals surface area contributed by atoms with Gasteiger partial charge in [0.1, 0.15) is 23.3 Å². The van der Waals surface area contributed by atoms with E-state index in [2.05, 4.69) is 25.2 Å². The van der Waals surface area contributed by atoms with Gasteiger partial charge in [0, 0.05) is 36.6 Å². The van der Waals surface area contributed by atoms with E-state index in [1.807, 2.05) is 6.07 Å². The number of pyridine rings is 1. The molecule has 168 valence electrons. The number of alkyl halides is 2. The number of nitrogens with zero attached hydrogens (tertiary/aromatic N) is 4. The molecule has 3 atom stereocenters. The topological polar surface area (TPSA) is 63.2 Å². The predicted molar refractivity (Wildman–Crippen MR) is 116 cm³/mol. The molecule has 2 aliphatic rings.